The number of unbranched alkanes of at least 4 members (excludes halogenated alkanes) is 34. The van der Waals surface area contributed by atoms with Crippen molar-refractivity contribution in [1.82, 2.24) is 5.32 Å². The van der Waals surface area contributed by atoms with Gasteiger partial charge in [-0.2, -0.15) is 0 Å². The molecule has 0 saturated carbocycles. The molecule has 0 bridgehead atoms. The first-order valence-electron chi connectivity index (χ1n) is 24.5. The van der Waals surface area contributed by atoms with Gasteiger partial charge in [-0.1, -0.05) is 238 Å². The zero-order valence-electron chi connectivity index (χ0n) is 36.6. The molecule has 0 rings (SSSR count). The van der Waals surface area contributed by atoms with Crippen molar-refractivity contribution in [1.29, 1.82) is 0 Å². The van der Waals surface area contributed by atoms with Crippen LogP contribution in [0.2, 0.25) is 0 Å². The van der Waals surface area contributed by atoms with Gasteiger partial charge in [0.05, 0.1) is 31.3 Å². The Bertz CT molecular complexity index is 758. The maximum Gasteiger partial charge on any atom is 0.222 e. The fourth-order valence-corrected chi connectivity index (χ4v) is 7.81. The van der Waals surface area contributed by atoms with Crippen molar-refractivity contribution >= 4 is 5.91 Å². The van der Waals surface area contributed by atoms with Crippen molar-refractivity contribution in [2.24, 2.45) is 0 Å². The van der Waals surface area contributed by atoms with Crippen molar-refractivity contribution in [3.8, 4) is 0 Å². The zero-order valence-corrected chi connectivity index (χ0v) is 36.6. The molecule has 0 aliphatic carbocycles. The maximum absolute atomic E-state index is 12.5. The number of allylic oxidation sites excluding steroid dienone is 2. The molecule has 0 fully saturated rings. The van der Waals surface area contributed by atoms with Gasteiger partial charge in [-0.25, -0.2) is 0 Å². The second kappa shape index (κ2) is 44.8. The summed E-state index contributed by atoms with van der Waals surface area (Å²) >= 11 is 0. The minimum absolute atomic E-state index is 0.0291. The summed E-state index contributed by atoms with van der Waals surface area (Å²) in [6, 6.07) is -0.660. The summed E-state index contributed by atoms with van der Waals surface area (Å²) in [6.45, 7) is 4.28. The number of aliphatic hydroxyl groups is 3. The van der Waals surface area contributed by atoms with E-state index in [0.29, 0.717) is 12.8 Å². The van der Waals surface area contributed by atoms with Gasteiger partial charge in [0.1, 0.15) is 0 Å². The van der Waals surface area contributed by atoms with Crippen LogP contribution in [0.5, 0.6) is 0 Å². The van der Waals surface area contributed by atoms with Crippen LogP contribution in [0.15, 0.2) is 12.2 Å². The number of carbonyl (C=O) groups excluding carboxylic acids is 1. The molecular formula is C49H97NO4. The van der Waals surface area contributed by atoms with Gasteiger partial charge in [0.25, 0.3) is 0 Å². The zero-order chi connectivity index (χ0) is 39.4. The summed E-state index contributed by atoms with van der Waals surface area (Å²) in [5.41, 5.74) is 0. The predicted octanol–water partition coefficient (Wildman–Crippen LogP) is 14.4. The molecule has 0 aliphatic heterocycles. The lowest BCUT2D eigenvalue weighted by Crippen LogP contribution is -2.46. The van der Waals surface area contributed by atoms with Crippen LogP contribution in [0.3, 0.4) is 0 Å². The minimum Gasteiger partial charge on any atom is -0.394 e. The molecule has 54 heavy (non-hydrogen) atoms. The molecule has 0 aromatic rings. The Morgan fingerprint density at radius 2 is 0.741 bits per heavy atom. The van der Waals surface area contributed by atoms with Gasteiger partial charge in [-0.3, -0.25) is 4.79 Å². The molecule has 0 heterocycles. The van der Waals surface area contributed by atoms with Crippen molar-refractivity contribution < 1.29 is 20.1 Å². The van der Waals surface area contributed by atoms with Crippen molar-refractivity contribution in [2.45, 2.75) is 289 Å². The van der Waals surface area contributed by atoms with Crippen LogP contribution in [0.4, 0.5) is 0 Å². The number of hydrogen-bond acceptors (Lipinski definition) is 4. The molecule has 4 N–H and O–H groups in total. The van der Waals surface area contributed by atoms with Crippen molar-refractivity contribution in [2.75, 3.05) is 6.61 Å². The van der Waals surface area contributed by atoms with Crippen molar-refractivity contribution in [3.63, 3.8) is 0 Å². The molecule has 0 aromatic carbocycles. The number of carbonyl (C=O) groups is 1. The van der Waals surface area contributed by atoms with E-state index in [0.717, 1.165) is 38.5 Å². The van der Waals surface area contributed by atoms with E-state index in [4.69, 9.17) is 0 Å². The topological polar surface area (TPSA) is 89.8 Å². The van der Waals surface area contributed by atoms with Crippen molar-refractivity contribution in [3.05, 3.63) is 12.2 Å². The smallest absolute Gasteiger partial charge is 0.222 e. The molecule has 5 nitrogen and oxygen atoms in total. The Morgan fingerprint density at radius 3 is 1.09 bits per heavy atom. The van der Waals surface area contributed by atoms with Crippen LogP contribution in [0.1, 0.15) is 271 Å². The highest BCUT2D eigenvalue weighted by Gasteiger charge is 2.21. The normalized spacial score (nSPS) is 13.5. The fraction of sp³-hybridized carbons (Fsp3) is 0.939. The average molecular weight is 764 g/mol. The lowest BCUT2D eigenvalue weighted by Gasteiger charge is -2.23. The van der Waals surface area contributed by atoms with Crippen LogP contribution in [-0.4, -0.2) is 46.1 Å². The van der Waals surface area contributed by atoms with E-state index >= 15 is 0 Å². The number of amides is 1. The van der Waals surface area contributed by atoms with E-state index in [1.54, 1.807) is 0 Å². The summed E-state index contributed by atoms with van der Waals surface area (Å²) in [4.78, 5) is 12.5. The molecule has 3 unspecified atom stereocenters. The van der Waals surface area contributed by atoms with Gasteiger partial charge >= 0.3 is 0 Å². The molecule has 1 amide bonds. The molecule has 322 valence electrons. The van der Waals surface area contributed by atoms with Crippen LogP contribution in [0, 0.1) is 0 Å². The van der Waals surface area contributed by atoms with Gasteiger partial charge in [-0.15, -0.1) is 0 Å². The first-order chi connectivity index (χ1) is 26.5. The van der Waals surface area contributed by atoms with Crippen LogP contribution in [-0.2, 0) is 4.79 Å². The van der Waals surface area contributed by atoms with Gasteiger partial charge in [0.2, 0.25) is 5.91 Å². The van der Waals surface area contributed by atoms with E-state index in [1.165, 1.54) is 199 Å². The first-order valence-corrected chi connectivity index (χ1v) is 24.5. The molecule has 5 heteroatoms. The summed E-state index contributed by atoms with van der Waals surface area (Å²) in [5, 5.41) is 33.5. The molecule has 0 spiro atoms. The third-order valence-electron chi connectivity index (χ3n) is 11.6. The van der Waals surface area contributed by atoms with Gasteiger partial charge in [0.15, 0.2) is 0 Å². The summed E-state index contributed by atoms with van der Waals surface area (Å²) in [7, 11) is 0. The summed E-state index contributed by atoms with van der Waals surface area (Å²) in [6.07, 6.45) is 53.4. The average Bonchev–Trinajstić information content (AvgIpc) is 3.16. The summed E-state index contributed by atoms with van der Waals surface area (Å²) in [5.74, 6) is -0.288. The Labute approximate surface area is 338 Å². The van der Waals surface area contributed by atoms with Gasteiger partial charge in [-0.05, 0) is 38.5 Å². The highest BCUT2D eigenvalue weighted by molar-refractivity contribution is 5.76. The maximum atomic E-state index is 12.5. The monoisotopic (exact) mass is 764 g/mol. The Morgan fingerprint density at radius 1 is 0.444 bits per heavy atom. The summed E-state index contributed by atoms with van der Waals surface area (Å²) < 4.78 is 0. The Hall–Kier alpha value is -0.910. The van der Waals surface area contributed by atoms with E-state index in [9.17, 15) is 20.1 Å². The second-order valence-corrected chi connectivity index (χ2v) is 17.1. The van der Waals surface area contributed by atoms with Crippen LogP contribution >= 0.6 is 0 Å². The van der Waals surface area contributed by atoms with Gasteiger partial charge in [0, 0.05) is 0 Å². The molecular weight excluding hydrogens is 667 g/mol. The minimum atomic E-state index is -0.751. The quantitative estimate of drug-likeness (QED) is 0.0367. The number of rotatable bonds is 45. The number of aliphatic hydroxyl groups excluding tert-OH is 3. The van der Waals surface area contributed by atoms with E-state index in [-0.39, 0.29) is 18.9 Å². The predicted molar refractivity (Wildman–Crippen MR) is 236 cm³/mol. The third kappa shape index (κ3) is 40.7. The van der Waals surface area contributed by atoms with E-state index in [1.807, 2.05) is 0 Å². The fourth-order valence-electron chi connectivity index (χ4n) is 7.81. The molecule has 0 aliphatic rings. The second-order valence-electron chi connectivity index (χ2n) is 17.1. The standard InChI is InChI=1S/C49H97NO4/c1-3-5-7-9-11-13-15-17-19-21-22-23-24-25-26-27-29-31-33-35-37-39-41-43-48(53)47(45-51)50-49(54)44-46(52)42-40-38-36-34-32-30-28-20-18-16-14-12-10-8-6-4-2/h30,32,46-48,51-53H,3-29,31,33-45H2,1-2H3,(H,50,54)/b32-30-. The lowest BCUT2D eigenvalue weighted by molar-refractivity contribution is -0.125. The van der Waals surface area contributed by atoms with E-state index in [2.05, 4.69) is 31.3 Å². The number of hydrogen-bond donors (Lipinski definition) is 4. The lowest BCUT2D eigenvalue weighted by atomic mass is 10.0. The highest BCUT2D eigenvalue weighted by atomic mass is 16.3. The third-order valence-corrected chi connectivity index (χ3v) is 11.6. The van der Waals surface area contributed by atoms with Crippen LogP contribution in [0.25, 0.3) is 0 Å². The molecule has 0 saturated heterocycles. The Balaban J connectivity index is 3.56. The first kappa shape index (κ1) is 53.1. The van der Waals surface area contributed by atoms with E-state index < -0.39 is 18.2 Å². The highest BCUT2D eigenvalue weighted by Crippen LogP contribution is 2.17. The molecule has 0 radical (unpaired) electrons. The molecule has 3 atom stereocenters. The Kier molecular flexibility index (Phi) is 44.0. The number of nitrogens with one attached hydrogen (secondary N) is 1. The SMILES string of the molecule is CCCCCCCCCCC/C=C\CCCCCC(O)CC(=O)NC(CO)C(O)CCCCCCCCCCCCCCCCCCCCCCCCC. The molecule has 0 aromatic heterocycles. The van der Waals surface area contributed by atoms with Crippen LogP contribution < -0.4 is 5.32 Å². The largest absolute Gasteiger partial charge is 0.394 e. The van der Waals surface area contributed by atoms with Gasteiger partial charge < -0.3 is 20.6 Å².